The van der Waals surface area contributed by atoms with Gasteiger partial charge in [-0.05, 0) is 24.3 Å². The molecule has 0 spiro atoms. The lowest BCUT2D eigenvalue weighted by molar-refractivity contribution is 0.581. The molecule has 2 rings (SSSR count). The Morgan fingerprint density at radius 1 is 1.39 bits per heavy atom. The minimum absolute atomic E-state index is 0.0550. The molecule has 0 radical (unpaired) electrons. The summed E-state index contributed by atoms with van der Waals surface area (Å²) in [5.74, 6) is -0.0550. The van der Waals surface area contributed by atoms with Crippen molar-refractivity contribution in [3.8, 4) is 0 Å². The van der Waals surface area contributed by atoms with E-state index in [-0.39, 0.29) is 22.9 Å². The Hall–Kier alpha value is -1.53. The molecule has 7 heteroatoms. The lowest BCUT2D eigenvalue weighted by Crippen LogP contribution is -2.14. The first-order chi connectivity index (χ1) is 8.49. The topological polar surface area (TPSA) is 78.0 Å². The highest BCUT2D eigenvalue weighted by atomic mass is 35.5. The van der Waals surface area contributed by atoms with Crippen LogP contribution < -0.4 is 5.73 Å². The maximum absolute atomic E-state index is 12.1. The van der Waals surface area contributed by atoms with Crippen LogP contribution in [0.5, 0.6) is 0 Å². The van der Waals surface area contributed by atoms with Crippen molar-refractivity contribution in [1.82, 2.24) is 9.78 Å². The van der Waals surface area contributed by atoms with Crippen molar-refractivity contribution in [2.45, 2.75) is 11.4 Å². The van der Waals surface area contributed by atoms with Gasteiger partial charge in [0, 0.05) is 17.4 Å². The van der Waals surface area contributed by atoms with Crippen LogP contribution in [0.1, 0.15) is 0 Å². The average molecular weight is 286 g/mol. The van der Waals surface area contributed by atoms with Crippen molar-refractivity contribution in [1.29, 1.82) is 0 Å². The molecule has 0 saturated heterocycles. The monoisotopic (exact) mass is 285 g/mol. The number of hydrogen-bond donors (Lipinski definition) is 1. The van der Waals surface area contributed by atoms with Crippen molar-refractivity contribution >= 4 is 27.1 Å². The second-order valence-corrected chi connectivity index (χ2v) is 6.28. The van der Waals surface area contributed by atoms with Gasteiger partial charge in [0.05, 0.1) is 22.9 Å². The number of hydrogen-bond acceptors (Lipinski definition) is 4. The number of anilines is 1. The number of benzene rings is 1. The second-order valence-electron chi connectivity index (χ2n) is 3.77. The van der Waals surface area contributed by atoms with E-state index in [0.717, 1.165) is 0 Å². The van der Waals surface area contributed by atoms with Gasteiger partial charge in [0.1, 0.15) is 0 Å². The largest absolute Gasteiger partial charge is 0.398 e. The normalized spacial score (nSPS) is 11.6. The first-order valence-corrected chi connectivity index (χ1v) is 7.27. The van der Waals surface area contributed by atoms with Crippen LogP contribution in [0, 0.1) is 0 Å². The molecule has 2 N–H and O–H groups in total. The molecule has 0 bridgehead atoms. The van der Waals surface area contributed by atoms with Crippen LogP contribution in [0.3, 0.4) is 0 Å². The van der Waals surface area contributed by atoms with E-state index in [1.807, 2.05) is 0 Å². The minimum Gasteiger partial charge on any atom is -0.398 e. The summed E-state index contributed by atoms with van der Waals surface area (Å²) in [5.41, 5.74) is 5.84. The Morgan fingerprint density at radius 3 is 2.78 bits per heavy atom. The van der Waals surface area contributed by atoms with Gasteiger partial charge in [-0.2, -0.15) is 5.10 Å². The van der Waals surface area contributed by atoms with Crippen molar-refractivity contribution in [3.05, 3.63) is 41.7 Å². The number of nitrogens with zero attached hydrogens (tertiary/aromatic N) is 2. The number of aromatic nitrogens is 2. The van der Waals surface area contributed by atoms with Gasteiger partial charge in [0.25, 0.3) is 0 Å². The predicted octanol–water partition coefficient (Wildman–Crippen LogP) is 1.59. The van der Waals surface area contributed by atoms with Crippen LogP contribution in [0.4, 0.5) is 5.69 Å². The third kappa shape index (κ3) is 2.83. The SMILES string of the molecule is Nc1cc(Cl)ccc1S(=O)(=O)CCn1cccn1. The second kappa shape index (κ2) is 4.99. The molecule has 5 nitrogen and oxygen atoms in total. The Balaban J connectivity index is 2.20. The van der Waals surface area contributed by atoms with Gasteiger partial charge in [-0.1, -0.05) is 11.6 Å². The van der Waals surface area contributed by atoms with E-state index >= 15 is 0 Å². The first-order valence-electron chi connectivity index (χ1n) is 5.24. The van der Waals surface area contributed by atoms with Gasteiger partial charge >= 0.3 is 0 Å². The van der Waals surface area contributed by atoms with E-state index in [2.05, 4.69) is 5.10 Å². The zero-order valence-electron chi connectivity index (χ0n) is 9.45. The molecular weight excluding hydrogens is 274 g/mol. The summed E-state index contributed by atoms with van der Waals surface area (Å²) in [6.45, 7) is 0.289. The van der Waals surface area contributed by atoms with Gasteiger partial charge in [0.15, 0.2) is 9.84 Å². The predicted molar refractivity (Wildman–Crippen MR) is 70.1 cm³/mol. The van der Waals surface area contributed by atoms with Gasteiger partial charge in [-0.25, -0.2) is 8.42 Å². The fourth-order valence-corrected chi connectivity index (χ4v) is 3.08. The maximum atomic E-state index is 12.1. The van der Waals surface area contributed by atoms with E-state index in [1.165, 1.54) is 18.2 Å². The number of rotatable bonds is 4. The highest BCUT2D eigenvalue weighted by molar-refractivity contribution is 7.91. The number of aryl methyl sites for hydroxylation is 1. The molecule has 0 fully saturated rings. The molecule has 0 aliphatic carbocycles. The highest BCUT2D eigenvalue weighted by Crippen LogP contribution is 2.23. The molecular formula is C11H12ClN3O2S. The van der Waals surface area contributed by atoms with Gasteiger partial charge in [0.2, 0.25) is 0 Å². The van der Waals surface area contributed by atoms with E-state index in [9.17, 15) is 8.42 Å². The zero-order chi connectivity index (χ0) is 13.2. The smallest absolute Gasteiger partial charge is 0.182 e. The third-order valence-electron chi connectivity index (χ3n) is 2.46. The molecule has 1 aromatic heterocycles. The molecule has 0 amide bonds. The molecule has 0 unspecified atom stereocenters. The van der Waals surface area contributed by atoms with Gasteiger partial charge < -0.3 is 5.73 Å². The molecule has 96 valence electrons. The zero-order valence-corrected chi connectivity index (χ0v) is 11.0. The molecule has 0 atom stereocenters. The van der Waals surface area contributed by atoms with Crippen molar-refractivity contribution in [3.63, 3.8) is 0 Å². The first kappa shape index (κ1) is 12.9. The summed E-state index contributed by atoms with van der Waals surface area (Å²) in [6, 6.07) is 6.11. The van der Waals surface area contributed by atoms with Crippen LogP contribution in [0.2, 0.25) is 5.02 Å². The summed E-state index contributed by atoms with van der Waals surface area (Å²) >= 11 is 5.74. The molecule has 1 aromatic carbocycles. The van der Waals surface area contributed by atoms with E-state index in [0.29, 0.717) is 5.02 Å². The summed E-state index contributed by atoms with van der Waals surface area (Å²) in [7, 11) is -3.43. The third-order valence-corrected chi connectivity index (χ3v) is 4.45. The van der Waals surface area contributed by atoms with Crippen LogP contribution in [-0.2, 0) is 16.4 Å². The number of nitrogens with two attached hydrogens (primary N) is 1. The fraction of sp³-hybridized carbons (Fsp3) is 0.182. The summed E-state index contributed by atoms with van der Waals surface area (Å²) in [5, 5.41) is 4.36. The summed E-state index contributed by atoms with van der Waals surface area (Å²) in [6.07, 6.45) is 3.31. The van der Waals surface area contributed by atoms with Crippen LogP contribution in [0.15, 0.2) is 41.6 Å². The molecule has 0 aliphatic heterocycles. The molecule has 2 aromatic rings. The van der Waals surface area contributed by atoms with Crippen molar-refractivity contribution in [2.24, 2.45) is 0 Å². The Bertz CT molecular complexity index is 638. The number of halogens is 1. The fourth-order valence-electron chi connectivity index (χ4n) is 1.56. The molecule has 18 heavy (non-hydrogen) atoms. The standard InChI is InChI=1S/C11H12ClN3O2S/c12-9-2-3-11(10(13)8-9)18(16,17)7-6-15-5-1-4-14-15/h1-5,8H,6-7,13H2. The van der Waals surface area contributed by atoms with E-state index < -0.39 is 9.84 Å². The lowest BCUT2D eigenvalue weighted by Gasteiger charge is -2.08. The van der Waals surface area contributed by atoms with E-state index in [4.69, 9.17) is 17.3 Å². The van der Waals surface area contributed by atoms with Crippen LogP contribution in [0.25, 0.3) is 0 Å². The molecule has 0 aliphatic rings. The Labute approximate surface area is 110 Å². The number of nitrogen functional groups attached to an aromatic ring is 1. The number of sulfone groups is 1. The molecule has 0 saturated carbocycles. The van der Waals surface area contributed by atoms with E-state index in [1.54, 1.807) is 23.1 Å². The van der Waals surface area contributed by atoms with Crippen molar-refractivity contribution in [2.75, 3.05) is 11.5 Å². The highest BCUT2D eigenvalue weighted by Gasteiger charge is 2.17. The van der Waals surface area contributed by atoms with Gasteiger partial charge in [-0.15, -0.1) is 0 Å². The lowest BCUT2D eigenvalue weighted by atomic mass is 10.3. The van der Waals surface area contributed by atoms with Crippen LogP contribution in [-0.4, -0.2) is 24.0 Å². The van der Waals surface area contributed by atoms with Crippen LogP contribution >= 0.6 is 11.6 Å². The Kier molecular flexibility index (Phi) is 3.58. The van der Waals surface area contributed by atoms with Crippen molar-refractivity contribution < 1.29 is 8.42 Å². The maximum Gasteiger partial charge on any atom is 0.182 e. The summed E-state index contributed by atoms with van der Waals surface area (Å²) in [4.78, 5) is 0.110. The summed E-state index contributed by atoms with van der Waals surface area (Å²) < 4.78 is 25.7. The quantitative estimate of drug-likeness (QED) is 0.866. The van der Waals surface area contributed by atoms with Gasteiger partial charge in [-0.3, -0.25) is 4.68 Å². The average Bonchev–Trinajstić information content (AvgIpc) is 2.78. The minimum atomic E-state index is -3.43. The Morgan fingerprint density at radius 2 is 2.17 bits per heavy atom. The molecule has 1 heterocycles.